The molecule has 12 heavy (non-hydrogen) atoms. The van der Waals surface area contributed by atoms with E-state index >= 15 is 0 Å². The van der Waals surface area contributed by atoms with E-state index in [0.29, 0.717) is 12.0 Å². The van der Waals surface area contributed by atoms with Crippen LogP contribution in [0.5, 0.6) is 0 Å². The van der Waals surface area contributed by atoms with Crippen LogP contribution in [0.25, 0.3) is 0 Å². The Kier molecular flexibility index (Phi) is 3.04. The zero-order valence-corrected chi connectivity index (χ0v) is 7.04. The summed E-state index contributed by atoms with van der Waals surface area (Å²) >= 11 is 0.615. The average molecular weight is 193 g/mol. The minimum Gasteiger partial charge on any atom is -0.285 e. The van der Waals surface area contributed by atoms with Gasteiger partial charge in [0, 0.05) is 19.1 Å². The zero-order chi connectivity index (χ0) is 9.14. The summed E-state index contributed by atoms with van der Waals surface area (Å²) in [5.41, 5.74) is 0. The Bertz CT molecular complexity index is 208. The van der Waals surface area contributed by atoms with Crippen molar-refractivity contribution in [1.82, 2.24) is 4.90 Å². The number of carbonyl (C=O) groups excluding carboxylic acids is 2. The van der Waals surface area contributed by atoms with Crippen molar-refractivity contribution in [1.29, 1.82) is 0 Å². The van der Waals surface area contributed by atoms with E-state index in [2.05, 4.69) is 9.37 Å². The molecule has 0 aromatic rings. The summed E-state index contributed by atoms with van der Waals surface area (Å²) in [6.07, 6.45) is 0.0728. The van der Waals surface area contributed by atoms with Crippen LogP contribution in [-0.2, 0) is 19.0 Å². The van der Waals surface area contributed by atoms with Crippen LogP contribution >= 0.6 is 12.0 Å². The SMILES string of the molecule is CN1C(=O)CC(SOOO)C1=O. The number of imide groups is 1. The predicted octanol–water partition coefficient (Wildman–Crippen LogP) is -0.187. The lowest BCUT2D eigenvalue weighted by Crippen LogP contribution is -2.26. The smallest absolute Gasteiger partial charge is 0.245 e. The Balaban J connectivity index is 2.47. The van der Waals surface area contributed by atoms with Gasteiger partial charge in [0.1, 0.15) is 5.25 Å². The van der Waals surface area contributed by atoms with Gasteiger partial charge in [-0.1, -0.05) is 5.04 Å². The van der Waals surface area contributed by atoms with Gasteiger partial charge >= 0.3 is 0 Å². The molecule has 0 aromatic heterocycles. The Labute approximate surface area is 72.5 Å². The van der Waals surface area contributed by atoms with Crippen molar-refractivity contribution in [2.24, 2.45) is 0 Å². The number of hydrogen-bond donors (Lipinski definition) is 1. The van der Waals surface area contributed by atoms with E-state index in [1.54, 1.807) is 0 Å². The molecule has 1 unspecified atom stereocenters. The van der Waals surface area contributed by atoms with Crippen LogP contribution in [0.3, 0.4) is 0 Å². The summed E-state index contributed by atoms with van der Waals surface area (Å²) in [5.74, 6) is -0.610. The zero-order valence-electron chi connectivity index (χ0n) is 6.22. The molecule has 68 valence electrons. The number of carbonyl (C=O) groups is 2. The van der Waals surface area contributed by atoms with Gasteiger partial charge in [0.15, 0.2) is 0 Å². The highest BCUT2D eigenvalue weighted by Crippen LogP contribution is 2.24. The van der Waals surface area contributed by atoms with Gasteiger partial charge in [0.05, 0.1) is 6.42 Å². The highest BCUT2D eigenvalue weighted by atomic mass is 32.2. The van der Waals surface area contributed by atoms with Gasteiger partial charge in [-0.15, -0.1) is 4.33 Å². The van der Waals surface area contributed by atoms with E-state index in [1.807, 2.05) is 0 Å². The number of rotatable bonds is 3. The molecule has 1 aliphatic rings. The predicted molar refractivity (Wildman–Crippen MR) is 38.6 cm³/mol. The quantitative estimate of drug-likeness (QED) is 0.290. The normalized spacial score (nSPS) is 23.8. The molecule has 0 aliphatic carbocycles. The number of likely N-dealkylation sites (tertiary alicyclic amines) is 1. The second-order valence-corrected chi connectivity index (χ2v) is 3.12. The number of nitrogens with zero attached hydrogens (tertiary/aromatic N) is 1. The van der Waals surface area contributed by atoms with Crippen molar-refractivity contribution in [2.45, 2.75) is 11.7 Å². The van der Waals surface area contributed by atoms with Crippen LogP contribution in [0.2, 0.25) is 0 Å². The fraction of sp³-hybridized carbons (Fsp3) is 0.600. The second kappa shape index (κ2) is 3.85. The summed E-state index contributed by atoms with van der Waals surface area (Å²) in [7, 11) is 1.39. The molecule has 0 aromatic carbocycles. The number of hydrogen-bond acceptors (Lipinski definition) is 6. The molecule has 0 saturated carbocycles. The van der Waals surface area contributed by atoms with Gasteiger partial charge in [-0.25, -0.2) is 5.26 Å². The molecule has 0 radical (unpaired) electrons. The molecule has 1 fully saturated rings. The third-order valence-electron chi connectivity index (χ3n) is 1.53. The first-order chi connectivity index (χ1) is 5.66. The van der Waals surface area contributed by atoms with Crippen molar-refractivity contribution in [3.63, 3.8) is 0 Å². The maximum Gasteiger partial charge on any atom is 0.245 e. The van der Waals surface area contributed by atoms with Crippen molar-refractivity contribution in [3.8, 4) is 0 Å². The fourth-order valence-corrected chi connectivity index (χ4v) is 1.44. The summed E-state index contributed by atoms with van der Waals surface area (Å²) in [6.45, 7) is 0. The molecule has 2 amide bonds. The van der Waals surface area contributed by atoms with Gasteiger partial charge in [-0.3, -0.25) is 14.5 Å². The monoisotopic (exact) mass is 193 g/mol. The molecule has 1 heterocycles. The molecule has 1 aliphatic heterocycles. The largest absolute Gasteiger partial charge is 0.285 e. The Morgan fingerprint density at radius 3 is 2.75 bits per heavy atom. The van der Waals surface area contributed by atoms with E-state index in [1.165, 1.54) is 7.05 Å². The van der Waals surface area contributed by atoms with Crippen molar-refractivity contribution in [2.75, 3.05) is 7.05 Å². The van der Waals surface area contributed by atoms with Crippen LogP contribution in [-0.4, -0.2) is 34.3 Å². The van der Waals surface area contributed by atoms with Gasteiger partial charge in [-0.05, 0) is 0 Å². The summed E-state index contributed by atoms with van der Waals surface area (Å²) < 4.78 is 4.06. The molecule has 7 heteroatoms. The van der Waals surface area contributed by atoms with Crippen LogP contribution in [0.4, 0.5) is 0 Å². The first kappa shape index (κ1) is 9.46. The first-order valence-electron chi connectivity index (χ1n) is 3.10. The standard InChI is InChI=1S/C5H7NO5S/c1-6-4(7)2-3(5(6)8)12-11-10-9/h3,9H,2H2,1H3. The van der Waals surface area contributed by atoms with Crippen molar-refractivity contribution >= 4 is 23.9 Å². The molecule has 1 rings (SSSR count). The molecule has 1 saturated heterocycles. The molecule has 0 spiro atoms. The summed E-state index contributed by atoms with van der Waals surface area (Å²) in [4.78, 5) is 23.0. The van der Waals surface area contributed by atoms with Crippen molar-refractivity contribution < 1.29 is 24.2 Å². The summed E-state index contributed by atoms with van der Waals surface area (Å²) in [5, 5.41) is 10.5. The van der Waals surface area contributed by atoms with E-state index in [9.17, 15) is 9.59 Å². The highest BCUT2D eigenvalue weighted by molar-refractivity contribution is 7.96. The average Bonchev–Trinajstić information content (AvgIpc) is 2.30. The molecule has 6 nitrogen and oxygen atoms in total. The maximum absolute atomic E-state index is 11.1. The highest BCUT2D eigenvalue weighted by Gasteiger charge is 2.37. The van der Waals surface area contributed by atoms with Crippen LogP contribution < -0.4 is 0 Å². The van der Waals surface area contributed by atoms with E-state index < -0.39 is 5.25 Å². The summed E-state index contributed by atoms with van der Waals surface area (Å²) in [6, 6.07) is 0. The Morgan fingerprint density at radius 1 is 1.67 bits per heavy atom. The van der Waals surface area contributed by atoms with E-state index in [-0.39, 0.29) is 18.2 Å². The van der Waals surface area contributed by atoms with E-state index in [0.717, 1.165) is 4.90 Å². The van der Waals surface area contributed by atoms with Crippen LogP contribution in [0, 0.1) is 0 Å². The van der Waals surface area contributed by atoms with Gasteiger partial charge in [-0.2, -0.15) is 0 Å². The minimum atomic E-state index is -0.616. The third kappa shape index (κ3) is 1.75. The fourth-order valence-electron chi connectivity index (χ4n) is 0.862. The van der Waals surface area contributed by atoms with Gasteiger partial charge < -0.3 is 0 Å². The maximum atomic E-state index is 11.1. The van der Waals surface area contributed by atoms with Crippen LogP contribution in [0.15, 0.2) is 0 Å². The lowest BCUT2D eigenvalue weighted by atomic mass is 10.4. The second-order valence-electron chi connectivity index (χ2n) is 2.22. The lowest BCUT2D eigenvalue weighted by Gasteiger charge is -2.05. The molecule has 1 N–H and O–H groups in total. The first-order valence-corrected chi connectivity index (χ1v) is 3.91. The number of amides is 2. The van der Waals surface area contributed by atoms with Crippen molar-refractivity contribution in [3.05, 3.63) is 0 Å². The molecule has 0 bridgehead atoms. The van der Waals surface area contributed by atoms with E-state index in [4.69, 9.17) is 5.26 Å². The molecule has 1 atom stereocenters. The molecular weight excluding hydrogens is 186 g/mol. The molecular formula is C5H7NO5S. The third-order valence-corrected chi connectivity index (χ3v) is 2.27. The lowest BCUT2D eigenvalue weighted by molar-refractivity contribution is -0.432. The van der Waals surface area contributed by atoms with Gasteiger partial charge in [0.25, 0.3) is 0 Å². The Hall–Kier alpha value is -0.630. The Morgan fingerprint density at radius 2 is 2.33 bits per heavy atom. The van der Waals surface area contributed by atoms with Crippen LogP contribution in [0.1, 0.15) is 6.42 Å². The topological polar surface area (TPSA) is 76.1 Å². The van der Waals surface area contributed by atoms with Gasteiger partial charge in [0.2, 0.25) is 11.8 Å². The minimum absolute atomic E-state index is 0.0728.